The van der Waals surface area contributed by atoms with E-state index in [1.165, 1.54) is 11.1 Å². The van der Waals surface area contributed by atoms with Gasteiger partial charge in [-0.1, -0.05) is 49.7 Å². The molecule has 0 fully saturated rings. The average molecular weight is 302 g/mol. The first-order valence-corrected chi connectivity index (χ1v) is 7.78. The van der Waals surface area contributed by atoms with Crippen LogP contribution in [0.4, 0.5) is 5.69 Å². The van der Waals surface area contributed by atoms with Gasteiger partial charge in [0.2, 0.25) is 0 Å². The van der Waals surface area contributed by atoms with Crippen molar-refractivity contribution in [3.63, 3.8) is 0 Å². The second-order valence-electron chi connectivity index (χ2n) is 5.97. The Kier molecular flexibility index (Phi) is 4.07. The lowest BCUT2D eigenvalue weighted by atomic mass is 10.00. The monoisotopic (exact) mass is 301 g/mol. The second-order valence-corrected chi connectivity index (χ2v) is 6.40. The Balaban J connectivity index is 1.75. The van der Waals surface area contributed by atoms with Gasteiger partial charge < -0.3 is 10.1 Å². The average Bonchev–Trinajstić information content (AvgIpc) is 2.47. The minimum absolute atomic E-state index is 0.0479. The second kappa shape index (κ2) is 5.98. The molecule has 3 rings (SSSR count). The van der Waals surface area contributed by atoms with E-state index >= 15 is 0 Å². The van der Waals surface area contributed by atoms with Crippen molar-refractivity contribution >= 4 is 17.3 Å². The first-order valence-electron chi connectivity index (χ1n) is 7.41. The van der Waals surface area contributed by atoms with Gasteiger partial charge in [0, 0.05) is 5.02 Å². The number of anilines is 1. The standard InChI is InChI=1S/C18H20ClNO/c1-12(2)9-13-3-5-14(6-4-13)18-11-20-16-10-15(19)7-8-17(16)21-18/h3-8,10,12,18,20H,9,11H2,1-2H3. The minimum Gasteiger partial charge on any atom is -0.482 e. The van der Waals surface area contributed by atoms with Gasteiger partial charge in [0.25, 0.3) is 0 Å². The molecule has 1 N–H and O–H groups in total. The van der Waals surface area contributed by atoms with E-state index in [0.29, 0.717) is 5.92 Å². The lowest BCUT2D eigenvalue weighted by Gasteiger charge is -2.28. The molecule has 0 amide bonds. The predicted molar refractivity (Wildman–Crippen MR) is 88.3 cm³/mol. The van der Waals surface area contributed by atoms with Crippen molar-refractivity contribution in [3.8, 4) is 5.75 Å². The van der Waals surface area contributed by atoms with Crippen LogP contribution in [-0.4, -0.2) is 6.54 Å². The van der Waals surface area contributed by atoms with E-state index in [9.17, 15) is 0 Å². The van der Waals surface area contributed by atoms with Crippen LogP contribution in [0, 0.1) is 5.92 Å². The molecule has 0 aliphatic carbocycles. The Morgan fingerprint density at radius 2 is 1.95 bits per heavy atom. The molecule has 0 radical (unpaired) electrons. The van der Waals surface area contributed by atoms with Crippen molar-refractivity contribution in [2.45, 2.75) is 26.4 Å². The zero-order valence-electron chi connectivity index (χ0n) is 12.4. The molecule has 0 spiro atoms. The van der Waals surface area contributed by atoms with Crippen molar-refractivity contribution in [3.05, 3.63) is 58.6 Å². The molecular weight excluding hydrogens is 282 g/mol. The van der Waals surface area contributed by atoms with Crippen LogP contribution in [0.5, 0.6) is 5.75 Å². The number of rotatable bonds is 3. The summed E-state index contributed by atoms with van der Waals surface area (Å²) in [4.78, 5) is 0. The fourth-order valence-corrected chi connectivity index (χ4v) is 2.84. The maximum atomic E-state index is 6.07. The summed E-state index contributed by atoms with van der Waals surface area (Å²) in [5.41, 5.74) is 3.55. The fourth-order valence-electron chi connectivity index (χ4n) is 2.67. The van der Waals surface area contributed by atoms with E-state index in [0.717, 1.165) is 29.4 Å². The molecule has 110 valence electrons. The van der Waals surface area contributed by atoms with Crippen LogP contribution in [0.2, 0.25) is 5.02 Å². The molecule has 0 saturated carbocycles. The van der Waals surface area contributed by atoms with Crippen LogP contribution in [0.25, 0.3) is 0 Å². The molecule has 21 heavy (non-hydrogen) atoms. The van der Waals surface area contributed by atoms with Crippen molar-refractivity contribution < 1.29 is 4.74 Å². The largest absolute Gasteiger partial charge is 0.482 e. The lowest BCUT2D eigenvalue weighted by molar-refractivity contribution is 0.210. The Bertz CT molecular complexity index is 622. The smallest absolute Gasteiger partial charge is 0.143 e. The summed E-state index contributed by atoms with van der Waals surface area (Å²) in [6, 6.07) is 14.4. The summed E-state index contributed by atoms with van der Waals surface area (Å²) >= 11 is 5.99. The lowest BCUT2D eigenvalue weighted by Crippen LogP contribution is -2.23. The maximum Gasteiger partial charge on any atom is 0.143 e. The van der Waals surface area contributed by atoms with Gasteiger partial charge in [-0.3, -0.25) is 0 Å². The normalized spacial score (nSPS) is 17.0. The van der Waals surface area contributed by atoms with Gasteiger partial charge in [-0.05, 0) is 41.7 Å². The topological polar surface area (TPSA) is 21.3 Å². The van der Waals surface area contributed by atoms with E-state index in [1.54, 1.807) is 0 Å². The predicted octanol–water partition coefficient (Wildman–Crippen LogP) is 5.08. The zero-order chi connectivity index (χ0) is 14.8. The van der Waals surface area contributed by atoms with Gasteiger partial charge in [0.05, 0.1) is 12.2 Å². The van der Waals surface area contributed by atoms with Crippen LogP contribution >= 0.6 is 11.6 Å². The maximum absolute atomic E-state index is 6.07. The first-order chi connectivity index (χ1) is 10.1. The number of halogens is 1. The van der Waals surface area contributed by atoms with Crippen LogP contribution in [-0.2, 0) is 6.42 Å². The molecule has 0 aromatic heterocycles. The molecule has 2 aromatic carbocycles. The van der Waals surface area contributed by atoms with Gasteiger partial charge in [-0.2, -0.15) is 0 Å². The third-order valence-electron chi connectivity index (χ3n) is 3.68. The van der Waals surface area contributed by atoms with E-state index in [1.807, 2.05) is 18.2 Å². The number of hydrogen-bond acceptors (Lipinski definition) is 2. The van der Waals surface area contributed by atoms with E-state index < -0.39 is 0 Å². The summed E-state index contributed by atoms with van der Waals surface area (Å²) in [6.45, 7) is 5.24. The molecule has 1 aliphatic heterocycles. The summed E-state index contributed by atoms with van der Waals surface area (Å²) in [6.07, 6.45) is 1.16. The third kappa shape index (κ3) is 3.33. The van der Waals surface area contributed by atoms with Crippen LogP contribution in [0.15, 0.2) is 42.5 Å². The Morgan fingerprint density at radius 1 is 1.19 bits per heavy atom. The van der Waals surface area contributed by atoms with E-state index in [2.05, 4.69) is 43.4 Å². The van der Waals surface area contributed by atoms with Crippen LogP contribution < -0.4 is 10.1 Å². The molecule has 0 saturated heterocycles. The molecule has 0 bridgehead atoms. The minimum atomic E-state index is 0.0479. The molecule has 2 aromatic rings. The quantitative estimate of drug-likeness (QED) is 0.853. The number of hydrogen-bond donors (Lipinski definition) is 1. The molecule has 1 heterocycles. The van der Waals surface area contributed by atoms with Crippen LogP contribution in [0.3, 0.4) is 0 Å². The van der Waals surface area contributed by atoms with Gasteiger partial charge in [0.1, 0.15) is 11.9 Å². The fraction of sp³-hybridized carbons (Fsp3) is 0.333. The highest BCUT2D eigenvalue weighted by molar-refractivity contribution is 6.30. The molecule has 2 nitrogen and oxygen atoms in total. The van der Waals surface area contributed by atoms with Crippen molar-refractivity contribution in [2.24, 2.45) is 5.92 Å². The molecule has 1 aliphatic rings. The Hall–Kier alpha value is -1.67. The number of ether oxygens (including phenoxy) is 1. The summed E-state index contributed by atoms with van der Waals surface area (Å²) in [5, 5.41) is 4.11. The van der Waals surface area contributed by atoms with Gasteiger partial charge in [-0.15, -0.1) is 0 Å². The highest BCUT2D eigenvalue weighted by Crippen LogP contribution is 2.35. The summed E-state index contributed by atoms with van der Waals surface area (Å²) in [5.74, 6) is 1.54. The number of fused-ring (bicyclic) bond motifs is 1. The SMILES string of the molecule is CC(C)Cc1ccc(C2CNc3cc(Cl)ccc3O2)cc1. The molecular formula is C18H20ClNO. The highest BCUT2D eigenvalue weighted by Gasteiger charge is 2.20. The zero-order valence-corrected chi connectivity index (χ0v) is 13.2. The molecule has 1 unspecified atom stereocenters. The van der Waals surface area contributed by atoms with Gasteiger partial charge >= 0.3 is 0 Å². The molecule has 3 heteroatoms. The third-order valence-corrected chi connectivity index (χ3v) is 3.92. The first kappa shape index (κ1) is 14.3. The number of nitrogens with one attached hydrogen (secondary N) is 1. The van der Waals surface area contributed by atoms with Crippen molar-refractivity contribution in [2.75, 3.05) is 11.9 Å². The van der Waals surface area contributed by atoms with E-state index in [4.69, 9.17) is 16.3 Å². The van der Waals surface area contributed by atoms with Gasteiger partial charge in [0.15, 0.2) is 0 Å². The van der Waals surface area contributed by atoms with Crippen molar-refractivity contribution in [1.82, 2.24) is 0 Å². The Morgan fingerprint density at radius 3 is 2.67 bits per heavy atom. The Labute approximate surface area is 131 Å². The summed E-state index contributed by atoms with van der Waals surface area (Å²) in [7, 11) is 0. The van der Waals surface area contributed by atoms with Crippen molar-refractivity contribution in [1.29, 1.82) is 0 Å². The van der Waals surface area contributed by atoms with E-state index in [-0.39, 0.29) is 6.10 Å². The van der Waals surface area contributed by atoms with Crippen LogP contribution in [0.1, 0.15) is 31.1 Å². The van der Waals surface area contributed by atoms with Gasteiger partial charge in [-0.25, -0.2) is 0 Å². The molecule has 1 atom stereocenters. The highest BCUT2D eigenvalue weighted by atomic mass is 35.5. The summed E-state index contributed by atoms with van der Waals surface area (Å²) < 4.78 is 6.07. The number of benzene rings is 2.